The van der Waals surface area contributed by atoms with E-state index >= 15 is 0 Å². The van der Waals surface area contributed by atoms with E-state index in [9.17, 15) is 0 Å². The van der Waals surface area contributed by atoms with Gasteiger partial charge in [-0.15, -0.1) is 0 Å². The van der Waals surface area contributed by atoms with E-state index in [0.29, 0.717) is 5.41 Å². The summed E-state index contributed by atoms with van der Waals surface area (Å²) in [5.74, 6) is 0. The molecule has 0 spiro atoms. The van der Waals surface area contributed by atoms with Crippen LogP contribution in [0.3, 0.4) is 0 Å². The van der Waals surface area contributed by atoms with Gasteiger partial charge >= 0.3 is 0 Å². The molecule has 0 unspecified atom stereocenters. The molecule has 82 valence electrons. The fourth-order valence-electron chi connectivity index (χ4n) is 2.51. The quantitative estimate of drug-likeness (QED) is 0.791. The molecule has 0 bridgehead atoms. The maximum atomic E-state index is 3.58. The van der Waals surface area contributed by atoms with Gasteiger partial charge in [0.05, 0.1) is 0 Å². The minimum absolute atomic E-state index is 0.564. The van der Waals surface area contributed by atoms with Gasteiger partial charge in [-0.3, -0.25) is 0 Å². The molecule has 0 radical (unpaired) electrons. The smallest absolute Gasteiger partial charge is 0.0205 e. The van der Waals surface area contributed by atoms with Crippen molar-refractivity contribution in [2.45, 2.75) is 39.2 Å². The second-order valence-electron chi connectivity index (χ2n) is 5.11. The average molecular weight is 203 g/mol. The van der Waals surface area contributed by atoms with Crippen LogP contribution in [0.4, 0.5) is 0 Å². The van der Waals surface area contributed by atoms with Gasteiger partial charge in [0.1, 0.15) is 0 Å². The molecule has 1 heteroatoms. The lowest BCUT2D eigenvalue weighted by Crippen LogP contribution is -2.29. The number of nitrogens with one attached hydrogen (secondary N) is 1. The van der Waals surface area contributed by atoms with Gasteiger partial charge in [-0.2, -0.15) is 0 Å². The van der Waals surface area contributed by atoms with Crippen molar-refractivity contribution in [2.75, 3.05) is 6.54 Å². The van der Waals surface area contributed by atoms with E-state index in [2.05, 4.69) is 42.6 Å². The maximum absolute atomic E-state index is 3.58. The molecule has 0 aromatic heterocycles. The Balaban J connectivity index is 1.75. The molecule has 0 aliphatic heterocycles. The van der Waals surface area contributed by atoms with Crippen molar-refractivity contribution in [3.8, 4) is 0 Å². The average Bonchev–Trinajstić information content (AvgIpc) is 2.67. The molecule has 2 rings (SSSR count). The van der Waals surface area contributed by atoms with Crippen molar-refractivity contribution in [2.24, 2.45) is 5.41 Å². The fraction of sp³-hybridized carbons (Fsp3) is 0.571. The van der Waals surface area contributed by atoms with Gasteiger partial charge in [0.15, 0.2) is 0 Å². The van der Waals surface area contributed by atoms with E-state index in [4.69, 9.17) is 0 Å². The molecule has 1 aromatic carbocycles. The lowest BCUT2D eigenvalue weighted by Gasteiger charge is -2.23. The molecule has 1 saturated carbocycles. The summed E-state index contributed by atoms with van der Waals surface area (Å²) in [7, 11) is 0. The van der Waals surface area contributed by atoms with Crippen molar-refractivity contribution in [3.05, 3.63) is 35.9 Å². The van der Waals surface area contributed by atoms with Crippen LogP contribution in [0, 0.1) is 5.41 Å². The predicted molar refractivity (Wildman–Crippen MR) is 64.7 cm³/mol. The first-order chi connectivity index (χ1) is 7.29. The first-order valence-corrected chi connectivity index (χ1v) is 6.03. The lowest BCUT2D eigenvalue weighted by molar-refractivity contribution is 0.314. The zero-order valence-electron chi connectivity index (χ0n) is 9.63. The topological polar surface area (TPSA) is 12.0 Å². The number of hydrogen-bond acceptors (Lipinski definition) is 1. The Hall–Kier alpha value is -0.820. The van der Waals surface area contributed by atoms with Gasteiger partial charge in [0.2, 0.25) is 0 Å². The van der Waals surface area contributed by atoms with E-state index in [0.717, 1.165) is 6.54 Å². The maximum Gasteiger partial charge on any atom is 0.0205 e. The van der Waals surface area contributed by atoms with E-state index in [1.54, 1.807) is 0 Å². The predicted octanol–water partition coefficient (Wildman–Crippen LogP) is 3.36. The zero-order valence-corrected chi connectivity index (χ0v) is 9.63. The molecule has 0 amide bonds. The molecule has 1 aliphatic rings. The van der Waals surface area contributed by atoms with Crippen LogP contribution >= 0.6 is 0 Å². The van der Waals surface area contributed by atoms with Crippen LogP contribution in [0.25, 0.3) is 0 Å². The van der Waals surface area contributed by atoms with Crippen molar-refractivity contribution < 1.29 is 0 Å². The highest BCUT2D eigenvalue weighted by atomic mass is 14.9. The molecule has 0 atom stereocenters. The molecule has 0 heterocycles. The first kappa shape index (κ1) is 10.7. The van der Waals surface area contributed by atoms with E-state index in [-0.39, 0.29) is 0 Å². The van der Waals surface area contributed by atoms with Crippen LogP contribution in [0.1, 0.15) is 38.2 Å². The van der Waals surface area contributed by atoms with Crippen LogP contribution in [0.15, 0.2) is 30.3 Å². The minimum Gasteiger partial charge on any atom is -0.312 e. The molecule has 15 heavy (non-hydrogen) atoms. The van der Waals surface area contributed by atoms with Crippen molar-refractivity contribution >= 4 is 0 Å². The SMILES string of the molecule is CC1(CNCc2ccccc2)CCCC1. The molecular formula is C14H21N. The van der Waals surface area contributed by atoms with E-state index in [1.165, 1.54) is 37.8 Å². The normalized spacial score (nSPS) is 19.3. The van der Waals surface area contributed by atoms with Crippen molar-refractivity contribution in [1.82, 2.24) is 5.32 Å². The minimum atomic E-state index is 0.564. The number of benzene rings is 1. The third-order valence-corrected chi connectivity index (χ3v) is 3.53. The Morgan fingerprint density at radius 3 is 2.47 bits per heavy atom. The van der Waals surface area contributed by atoms with Gasteiger partial charge in [-0.25, -0.2) is 0 Å². The second kappa shape index (κ2) is 4.80. The summed E-state index contributed by atoms with van der Waals surface area (Å²) >= 11 is 0. The highest BCUT2D eigenvalue weighted by Gasteiger charge is 2.27. The Labute approximate surface area is 92.9 Å². The van der Waals surface area contributed by atoms with Crippen LogP contribution in [-0.2, 0) is 6.54 Å². The Morgan fingerprint density at radius 2 is 1.80 bits per heavy atom. The van der Waals surface area contributed by atoms with Gasteiger partial charge in [-0.05, 0) is 23.8 Å². The largest absolute Gasteiger partial charge is 0.312 e. The van der Waals surface area contributed by atoms with Gasteiger partial charge in [0, 0.05) is 13.1 Å². The Morgan fingerprint density at radius 1 is 1.13 bits per heavy atom. The van der Waals surface area contributed by atoms with Crippen LogP contribution in [0.5, 0.6) is 0 Å². The molecule has 1 fully saturated rings. The molecule has 1 N–H and O–H groups in total. The summed E-state index contributed by atoms with van der Waals surface area (Å²) in [5, 5.41) is 3.58. The lowest BCUT2D eigenvalue weighted by atomic mass is 9.89. The Kier molecular flexibility index (Phi) is 3.42. The summed E-state index contributed by atoms with van der Waals surface area (Å²) in [6, 6.07) is 10.7. The summed E-state index contributed by atoms with van der Waals surface area (Å²) < 4.78 is 0. The third-order valence-electron chi connectivity index (χ3n) is 3.53. The highest BCUT2D eigenvalue weighted by Crippen LogP contribution is 2.36. The number of hydrogen-bond donors (Lipinski definition) is 1. The molecular weight excluding hydrogens is 182 g/mol. The molecule has 0 saturated heterocycles. The van der Waals surface area contributed by atoms with Gasteiger partial charge in [0.25, 0.3) is 0 Å². The second-order valence-corrected chi connectivity index (χ2v) is 5.11. The third kappa shape index (κ3) is 3.07. The molecule has 1 aromatic rings. The standard InChI is InChI=1S/C14H21N/c1-14(9-5-6-10-14)12-15-11-13-7-3-2-4-8-13/h2-4,7-8,15H,5-6,9-12H2,1H3. The fourth-order valence-corrected chi connectivity index (χ4v) is 2.51. The van der Waals surface area contributed by atoms with E-state index in [1.807, 2.05) is 0 Å². The first-order valence-electron chi connectivity index (χ1n) is 6.03. The van der Waals surface area contributed by atoms with E-state index < -0.39 is 0 Å². The zero-order chi connectivity index (χ0) is 10.6. The Bertz CT molecular complexity index is 285. The van der Waals surface area contributed by atoms with Crippen molar-refractivity contribution in [1.29, 1.82) is 0 Å². The van der Waals surface area contributed by atoms with Crippen LogP contribution in [-0.4, -0.2) is 6.54 Å². The van der Waals surface area contributed by atoms with Gasteiger partial charge in [-0.1, -0.05) is 50.1 Å². The summed E-state index contributed by atoms with van der Waals surface area (Å²) in [6.45, 7) is 4.59. The van der Waals surface area contributed by atoms with Crippen molar-refractivity contribution in [3.63, 3.8) is 0 Å². The molecule has 1 nitrogen and oxygen atoms in total. The summed E-state index contributed by atoms with van der Waals surface area (Å²) in [5.41, 5.74) is 1.95. The monoisotopic (exact) mass is 203 g/mol. The summed E-state index contributed by atoms with van der Waals surface area (Å²) in [4.78, 5) is 0. The highest BCUT2D eigenvalue weighted by molar-refractivity contribution is 5.14. The van der Waals surface area contributed by atoms with Gasteiger partial charge < -0.3 is 5.32 Å². The summed E-state index contributed by atoms with van der Waals surface area (Å²) in [6.07, 6.45) is 5.64. The molecule has 1 aliphatic carbocycles. The van der Waals surface area contributed by atoms with Crippen LogP contribution < -0.4 is 5.32 Å². The van der Waals surface area contributed by atoms with Crippen LogP contribution in [0.2, 0.25) is 0 Å². The number of rotatable bonds is 4.